The zero-order chi connectivity index (χ0) is 21.5. The van der Waals surface area contributed by atoms with Gasteiger partial charge in [-0.3, -0.25) is 9.78 Å². The lowest BCUT2D eigenvalue weighted by molar-refractivity contribution is 0.102. The van der Waals surface area contributed by atoms with Gasteiger partial charge in [-0.25, -0.2) is 0 Å². The molecule has 1 aromatic heterocycles. The molecule has 0 bridgehead atoms. The van der Waals surface area contributed by atoms with Crippen molar-refractivity contribution >= 4 is 11.6 Å². The second-order valence-corrected chi connectivity index (χ2v) is 7.22. The molecule has 1 N–H and O–H groups in total. The highest BCUT2D eigenvalue weighted by molar-refractivity contribution is 6.05. The van der Waals surface area contributed by atoms with E-state index in [1.165, 1.54) is 5.56 Å². The Kier molecular flexibility index (Phi) is 7.20. The fourth-order valence-electron chi connectivity index (χ4n) is 3.12. The Morgan fingerprint density at radius 3 is 2.20 bits per heavy atom. The lowest BCUT2D eigenvalue weighted by Crippen LogP contribution is -2.15. The summed E-state index contributed by atoms with van der Waals surface area (Å²) in [5.74, 6) is 1.31. The van der Waals surface area contributed by atoms with Crippen molar-refractivity contribution in [2.45, 2.75) is 39.7 Å². The van der Waals surface area contributed by atoms with E-state index in [0.29, 0.717) is 22.7 Å². The Balaban J connectivity index is 1.63. The molecule has 0 radical (unpaired) electrons. The van der Waals surface area contributed by atoms with E-state index in [1.807, 2.05) is 56.3 Å². The number of nitrogens with zero attached hydrogens (tertiary/aromatic N) is 1. The molecule has 1 heterocycles. The van der Waals surface area contributed by atoms with Gasteiger partial charge in [-0.15, -0.1) is 0 Å². The topological polar surface area (TPSA) is 60.5 Å². The van der Waals surface area contributed by atoms with Crippen molar-refractivity contribution in [3.8, 4) is 11.5 Å². The molecule has 5 nitrogen and oxygen atoms in total. The van der Waals surface area contributed by atoms with Crippen LogP contribution in [-0.2, 0) is 11.2 Å². The molecular weight excluding hydrogens is 376 g/mol. The highest BCUT2D eigenvalue weighted by Crippen LogP contribution is 2.24. The quantitative estimate of drug-likeness (QED) is 0.493. The number of pyridine rings is 1. The molecule has 2 aromatic carbocycles. The summed E-state index contributed by atoms with van der Waals surface area (Å²) in [5, 5.41) is 2.91. The van der Waals surface area contributed by atoms with Crippen LogP contribution in [0.25, 0.3) is 0 Å². The number of ether oxygens (including phenoxy) is 2. The summed E-state index contributed by atoms with van der Waals surface area (Å²) in [6.07, 6.45) is 2.08. The van der Waals surface area contributed by atoms with Gasteiger partial charge in [-0.1, -0.05) is 25.5 Å². The van der Waals surface area contributed by atoms with Crippen molar-refractivity contribution in [1.29, 1.82) is 0 Å². The number of methoxy groups -OCH3 is 1. The van der Waals surface area contributed by atoms with Crippen molar-refractivity contribution in [1.82, 2.24) is 4.98 Å². The van der Waals surface area contributed by atoms with Crippen LogP contribution in [0.15, 0.2) is 60.7 Å². The van der Waals surface area contributed by atoms with Crippen molar-refractivity contribution in [3.05, 3.63) is 83.2 Å². The van der Waals surface area contributed by atoms with Gasteiger partial charge in [0, 0.05) is 12.8 Å². The number of rotatable bonds is 8. The highest BCUT2D eigenvalue weighted by Gasteiger charge is 2.13. The van der Waals surface area contributed by atoms with Crippen molar-refractivity contribution < 1.29 is 14.3 Å². The number of benzene rings is 2. The average molecular weight is 405 g/mol. The molecule has 0 fully saturated rings. The number of anilines is 1. The van der Waals surface area contributed by atoms with E-state index >= 15 is 0 Å². The largest absolute Gasteiger partial charge is 0.457 e. The molecule has 1 unspecified atom stereocenters. The fourth-order valence-corrected chi connectivity index (χ4v) is 3.12. The minimum atomic E-state index is -0.197. The first-order chi connectivity index (χ1) is 14.5. The van der Waals surface area contributed by atoms with Crippen LogP contribution in [0.4, 0.5) is 5.69 Å². The first-order valence-corrected chi connectivity index (χ1v) is 10.2. The lowest BCUT2D eigenvalue weighted by atomic mass is 10.1. The molecule has 30 heavy (non-hydrogen) atoms. The molecule has 0 saturated carbocycles. The third-order valence-electron chi connectivity index (χ3n) is 4.93. The molecule has 0 saturated heterocycles. The van der Waals surface area contributed by atoms with Gasteiger partial charge in [0.05, 0.1) is 23.1 Å². The minimum absolute atomic E-state index is 0.115. The van der Waals surface area contributed by atoms with Crippen LogP contribution in [-0.4, -0.2) is 18.0 Å². The Hall–Kier alpha value is -3.18. The van der Waals surface area contributed by atoms with Crippen LogP contribution in [0.1, 0.15) is 53.7 Å². The van der Waals surface area contributed by atoms with Crippen molar-refractivity contribution in [2.24, 2.45) is 0 Å². The van der Waals surface area contributed by atoms with Crippen LogP contribution < -0.4 is 10.1 Å². The van der Waals surface area contributed by atoms with E-state index in [2.05, 4.69) is 29.4 Å². The number of aryl methyl sites for hydroxylation is 2. The average Bonchev–Trinajstić information content (AvgIpc) is 2.76. The predicted molar refractivity (Wildman–Crippen MR) is 119 cm³/mol. The molecule has 156 valence electrons. The molecule has 0 spiro atoms. The zero-order valence-corrected chi connectivity index (χ0v) is 17.9. The SMILES string of the molecule is CCCc1ccc(Oc2ccc(NC(=O)c3ccc(C(C)OC)nc3C)cc2)cc1. The van der Waals surface area contributed by atoms with E-state index in [1.54, 1.807) is 13.2 Å². The van der Waals surface area contributed by atoms with E-state index in [0.717, 1.165) is 24.3 Å². The van der Waals surface area contributed by atoms with Crippen LogP contribution in [0.3, 0.4) is 0 Å². The number of carbonyl (C=O) groups excluding carboxylic acids is 1. The van der Waals surface area contributed by atoms with E-state index in [-0.39, 0.29) is 12.0 Å². The second kappa shape index (κ2) is 10.0. The monoisotopic (exact) mass is 404 g/mol. The summed E-state index contributed by atoms with van der Waals surface area (Å²) in [6, 6.07) is 19.0. The summed E-state index contributed by atoms with van der Waals surface area (Å²) in [4.78, 5) is 17.1. The normalized spacial score (nSPS) is 11.7. The first-order valence-electron chi connectivity index (χ1n) is 10.2. The maximum Gasteiger partial charge on any atom is 0.257 e. The van der Waals surface area contributed by atoms with Gasteiger partial charge >= 0.3 is 0 Å². The fraction of sp³-hybridized carbons (Fsp3) is 0.280. The molecular formula is C25H28N2O3. The maximum atomic E-state index is 12.6. The van der Waals surface area contributed by atoms with Gasteiger partial charge in [0.25, 0.3) is 5.91 Å². The Morgan fingerprint density at radius 2 is 1.63 bits per heavy atom. The molecule has 0 aliphatic heterocycles. The Bertz CT molecular complexity index is 982. The van der Waals surface area contributed by atoms with E-state index in [9.17, 15) is 4.79 Å². The molecule has 1 amide bonds. The Morgan fingerprint density at radius 1 is 1.00 bits per heavy atom. The summed E-state index contributed by atoms with van der Waals surface area (Å²) >= 11 is 0. The number of nitrogens with one attached hydrogen (secondary N) is 1. The second-order valence-electron chi connectivity index (χ2n) is 7.22. The smallest absolute Gasteiger partial charge is 0.257 e. The number of aromatic nitrogens is 1. The van der Waals surface area contributed by atoms with Crippen LogP contribution in [0.2, 0.25) is 0 Å². The van der Waals surface area contributed by atoms with Crippen LogP contribution in [0, 0.1) is 6.92 Å². The molecule has 3 aromatic rings. The van der Waals surface area contributed by atoms with Gasteiger partial charge in [0.1, 0.15) is 11.5 Å². The van der Waals surface area contributed by atoms with E-state index < -0.39 is 0 Å². The summed E-state index contributed by atoms with van der Waals surface area (Å²) in [7, 11) is 1.64. The van der Waals surface area contributed by atoms with Crippen LogP contribution in [0.5, 0.6) is 11.5 Å². The zero-order valence-electron chi connectivity index (χ0n) is 17.9. The molecule has 0 aliphatic rings. The Labute approximate surface area is 178 Å². The van der Waals surface area contributed by atoms with E-state index in [4.69, 9.17) is 9.47 Å². The first kappa shape index (κ1) is 21.5. The van der Waals surface area contributed by atoms with Gasteiger partial charge < -0.3 is 14.8 Å². The van der Waals surface area contributed by atoms with Crippen LogP contribution >= 0.6 is 0 Å². The van der Waals surface area contributed by atoms with Gasteiger partial charge in [0.15, 0.2) is 0 Å². The number of carbonyl (C=O) groups is 1. The van der Waals surface area contributed by atoms with Crippen molar-refractivity contribution in [3.63, 3.8) is 0 Å². The number of hydrogen-bond donors (Lipinski definition) is 1. The third-order valence-corrected chi connectivity index (χ3v) is 4.93. The standard InChI is InChI=1S/C25H28N2O3/c1-5-6-19-7-11-21(12-8-19)30-22-13-9-20(10-14-22)27-25(28)23-15-16-24(18(3)29-4)26-17(23)2/h7-16,18H,5-6H2,1-4H3,(H,27,28). The lowest BCUT2D eigenvalue weighted by Gasteiger charge is -2.12. The molecule has 5 heteroatoms. The highest BCUT2D eigenvalue weighted by atomic mass is 16.5. The van der Waals surface area contributed by atoms with Crippen molar-refractivity contribution in [2.75, 3.05) is 12.4 Å². The van der Waals surface area contributed by atoms with Gasteiger partial charge in [0.2, 0.25) is 0 Å². The van der Waals surface area contributed by atoms with Gasteiger partial charge in [-0.05, 0) is 74.4 Å². The summed E-state index contributed by atoms with van der Waals surface area (Å²) < 4.78 is 11.2. The predicted octanol–water partition coefficient (Wildman–Crippen LogP) is 6.09. The number of hydrogen-bond acceptors (Lipinski definition) is 4. The molecule has 1 atom stereocenters. The maximum absolute atomic E-state index is 12.6. The number of amides is 1. The minimum Gasteiger partial charge on any atom is -0.457 e. The molecule has 3 rings (SSSR count). The third kappa shape index (κ3) is 5.45. The molecule has 0 aliphatic carbocycles. The van der Waals surface area contributed by atoms with Gasteiger partial charge in [-0.2, -0.15) is 0 Å². The summed E-state index contributed by atoms with van der Waals surface area (Å²) in [6.45, 7) is 5.91. The summed E-state index contributed by atoms with van der Waals surface area (Å²) in [5.41, 5.74) is 4.00.